The fourth-order valence-corrected chi connectivity index (χ4v) is 4.67. The molecule has 1 atom stereocenters. The fourth-order valence-electron chi connectivity index (χ4n) is 3.36. The van der Waals surface area contributed by atoms with E-state index in [1.807, 2.05) is 12.1 Å². The summed E-state index contributed by atoms with van der Waals surface area (Å²) in [7, 11) is -1.91. The smallest absolute Gasteiger partial charge is 0.212 e. The topological polar surface area (TPSA) is 63.7 Å². The molecule has 0 saturated carbocycles. The number of carbonyl (C=O) groups is 1. The van der Waals surface area contributed by atoms with E-state index in [0.717, 1.165) is 17.4 Å². The molecular weight excluding hydrogens is 290 g/mol. The number of fused-ring (bicyclic) bond motifs is 2. The zero-order valence-corrected chi connectivity index (χ0v) is 12.8. The van der Waals surface area contributed by atoms with Gasteiger partial charge in [0.1, 0.15) is 11.3 Å². The van der Waals surface area contributed by atoms with Gasteiger partial charge in [-0.3, -0.25) is 4.79 Å². The average Bonchev–Trinajstić information content (AvgIpc) is 2.89. The molecule has 0 aromatic heterocycles. The predicted molar refractivity (Wildman–Crippen MR) is 79.5 cm³/mol. The monoisotopic (exact) mass is 307 g/mol. The summed E-state index contributed by atoms with van der Waals surface area (Å²) in [6.45, 7) is 0.370. The minimum atomic E-state index is -3.47. The maximum atomic E-state index is 12.6. The van der Waals surface area contributed by atoms with Gasteiger partial charge >= 0.3 is 0 Å². The minimum absolute atomic E-state index is 0.175. The molecule has 1 aliphatic carbocycles. The zero-order valence-electron chi connectivity index (χ0n) is 12.0. The van der Waals surface area contributed by atoms with Crippen molar-refractivity contribution in [2.45, 2.75) is 18.4 Å². The maximum absolute atomic E-state index is 12.6. The number of hydrogen-bond donors (Lipinski definition) is 0. The molecule has 6 heteroatoms. The molecule has 3 rings (SSSR count). The van der Waals surface area contributed by atoms with Crippen molar-refractivity contribution >= 4 is 21.9 Å². The summed E-state index contributed by atoms with van der Waals surface area (Å²) in [5, 5.41) is 0. The van der Waals surface area contributed by atoms with Crippen LogP contribution in [0.15, 0.2) is 24.3 Å². The molecule has 1 spiro atoms. The summed E-state index contributed by atoms with van der Waals surface area (Å²) in [5.41, 5.74) is 0.481. The highest BCUT2D eigenvalue weighted by molar-refractivity contribution is 7.88. The van der Waals surface area contributed by atoms with Crippen LogP contribution in [-0.2, 0) is 20.4 Å². The van der Waals surface area contributed by atoms with E-state index in [2.05, 4.69) is 0 Å². The van der Waals surface area contributed by atoms with Crippen molar-refractivity contribution < 1.29 is 17.9 Å². The van der Waals surface area contributed by atoms with Crippen LogP contribution in [0.25, 0.3) is 6.08 Å². The molecule has 1 saturated heterocycles. The Balaban J connectivity index is 2.27. The Labute approximate surface area is 124 Å². The second-order valence-corrected chi connectivity index (χ2v) is 7.36. The number of ketones is 1. The van der Waals surface area contributed by atoms with Crippen molar-refractivity contribution in [3.05, 3.63) is 35.4 Å². The summed E-state index contributed by atoms with van der Waals surface area (Å²) in [4.78, 5) is 12.6. The number of hydrogen-bond acceptors (Lipinski definition) is 4. The summed E-state index contributed by atoms with van der Waals surface area (Å²) in [6, 6.07) is 5.45. The number of nitrogens with zero attached hydrogens (tertiary/aromatic N) is 1. The second-order valence-electron chi connectivity index (χ2n) is 5.45. The maximum Gasteiger partial charge on any atom is 0.212 e. The lowest BCUT2D eigenvalue weighted by Crippen LogP contribution is -2.50. The highest BCUT2D eigenvalue weighted by Gasteiger charge is 2.53. The van der Waals surface area contributed by atoms with Crippen LogP contribution >= 0.6 is 0 Å². The van der Waals surface area contributed by atoms with Gasteiger partial charge in [0.15, 0.2) is 5.78 Å². The molecule has 1 fully saturated rings. The average molecular weight is 307 g/mol. The number of carbonyl (C=O) groups excluding carboxylic acids is 1. The van der Waals surface area contributed by atoms with E-state index in [0.29, 0.717) is 25.1 Å². The van der Waals surface area contributed by atoms with Crippen molar-refractivity contribution in [2.24, 2.45) is 0 Å². The van der Waals surface area contributed by atoms with Gasteiger partial charge in [-0.15, -0.1) is 0 Å². The Hall–Kier alpha value is -1.66. The van der Waals surface area contributed by atoms with Crippen molar-refractivity contribution in [2.75, 3.05) is 19.9 Å². The first kappa shape index (κ1) is 14.3. The van der Waals surface area contributed by atoms with E-state index in [1.54, 1.807) is 19.3 Å². The van der Waals surface area contributed by atoms with Crippen molar-refractivity contribution in [1.29, 1.82) is 0 Å². The Bertz CT molecular complexity index is 738. The van der Waals surface area contributed by atoms with Gasteiger partial charge < -0.3 is 4.74 Å². The third kappa shape index (κ3) is 2.01. The first-order valence-electron chi connectivity index (χ1n) is 6.78. The largest absolute Gasteiger partial charge is 0.497 e. The van der Waals surface area contributed by atoms with Gasteiger partial charge in [-0.1, -0.05) is 12.1 Å². The molecule has 1 unspecified atom stereocenters. The summed E-state index contributed by atoms with van der Waals surface area (Å²) < 4.78 is 30.8. The molecule has 0 N–H and O–H groups in total. The molecule has 112 valence electrons. The van der Waals surface area contributed by atoms with Crippen LogP contribution < -0.4 is 4.74 Å². The first-order valence-corrected chi connectivity index (χ1v) is 8.63. The minimum Gasteiger partial charge on any atom is -0.497 e. The molecule has 21 heavy (non-hydrogen) atoms. The van der Waals surface area contributed by atoms with Gasteiger partial charge in [0.05, 0.1) is 13.4 Å². The van der Waals surface area contributed by atoms with E-state index < -0.39 is 15.6 Å². The second kappa shape index (κ2) is 4.68. The van der Waals surface area contributed by atoms with Gasteiger partial charge in [0.25, 0.3) is 0 Å². The van der Waals surface area contributed by atoms with Gasteiger partial charge in [-0.25, -0.2) is 8.42 Å². The SMILES string of the molecule is COc1ccc2c(c1)C1(CCCN1S(C)(=O)=O)C(=O)C=C2. The Morgan fingerprint density at radius 3 is 2.71 bits per heavy atom. The lowest BCUT2D eigenvalue weighted by molar-refractivity contribution is -0.123. The van der Waals surface area contributed by atoms with Crippen LogP contribution in [0.4, 0.5) is 0 Å². The standard InChI is InChI=1S/C15H17NO4S/c1-20-12-6-4-11-5-7-14(17)15(13(11)10-12)8-3-9-16(15)21(2,18)19/h4-7,10H,3,8-9H2,1-2H3. The highest BCUT2D eigenvalue weighted by Crippen LogP contribution is 2.46. The normalized spacial score (nSPS) is 25.3. The van der Waals surface area contributed by atoms with Crippen LogP contribution in [-0.4, -0.2) is 38.4 Å². The van der Waals surface area contributed by atoms with Crippen LogP contribution in [0.2, 0.25) is 0 Å². The van der Waals surface area contributed by atoms with Crippen LogP contribution in [0.5, 0.6) is 5.75 Å². The molecular formula is C15H17NO4S. The summed E-state index contributed by atoms with van der Waals surface area (Å²) in [5.74, 6) is 0.447. The van der Waals surface area contributed by atoms with Gasteiger partial charge in [0.2, 0.25) is 10.0 Å². The number of methoxy groups -OCH3 is 1. The van der Waals surface area contributed by atoms with Crippen LogP contribution in [0.1, 0.15) is 24.0 Å². The number of rotatable bonds is 2. The molecule has 1 aromatic rings. The van der Waals surface area contributed by atoms with Crippen molar-refractivity contribution in [3.8, 4) is 5.75 Å². The third-order valence-electron chi connectivity index (χ3n) is 4.25. The fraction of sp³-hybridized carbons (Fsp3) is 0.400. The molecule has 1 aliphatic heterocycles. The lowest BCUT2D eigenvalue weighted by atomic mass is 9.78. The zero-order chi connectivity index (χ0) is 15.3. The number of ether oxygens (including phenoxy) is 1. The quantitative estimate of drug-likeness (QED) is 0.831. The van der Waals surface area contributed by atoms with Crippen molar-refractivity contribution in [3.63, 3.8) is 0 Å². The molecule has 1 aromatic carbocycles. The Morgan fingerprint density at radius 2 is 2.05 bits per heavy atom. The molecule has 0 radical (unpaired) electrons. The van der Waals surface area contributed by atoms with Crippen LogP contribution in [0.3, 0.4) is 0 Å². The van der Waals surface area contributed by atoms with E-state index in [1.165, 1.54) is 10.4 Å². The van der Waals surface area contributed by atoms with E-state index in [-0.39, 0.29) is 5.78 Å². The van der Waals surface area contributed by atoms with Crippen LogP contribution in [0, 0.1) is 0 Å². The summed E-state index contributed by atoms with van der Waals surface area (Å²) >= 11 is 0. The third-order valence-corrected chi connectivity index (χ3v) is 5.55. The lowest BCUT2D eigenvalue weighted by Gasteiger charge is -2.38. The van der Waals surface area contributed by atoms with Crippen molar-refractivity contribution in [1.82, 2.24) is 4.31 Å². The highest BCUT2D eigenvalue weighted by atomic mass is 32.2. The molecule has 0 amide bonds. The molecule has 0 bridgehead atoms. The molecule has 1 heterocycles. The summed E-state index contributed by atoms with van der Waals surface area (Å²) in [6.07, 6.45) is 5.55. The first-order chi connectivity index (χ1) is 9.89. The van der Waals surface area contributed by atoms with Gasteiger partial charge in [-0.05, 0) is 42.2 Å². The van der Waals surface area contributed by atoms with E-state index in [4.69, 9.17) is 4.74 Å². The Kier molecular flexibility index (Phi) is 3.18. The number of sulfonamides is 1. The van der Waals surface area contributed by atoms with E-state index >= 15 is 0 Å². The predicted octanol–water partition coefficient (Wildman–Crippen LogP) is 1.54. The van der Waals surface area contributed by atoms with Gasteiger partial charge in [-0.2, -0.15) is 4.31 Å². The molecule has 5 nitrogen and oxygen atoms in total. The van der Waals surface area contributed by atoms with Gasteiger partial charge in [0, 0.05) is 6.54 Å². The van der Waals surface area contributed by atoms with E-state index in [9.17, 15) is 13.2 Å². The Morgan fingerprint density at radius 1 is 1.29 bits per heavy atom. The molecule has 2 aliphatic rings. The number of benzene rings is 1.